The van der Waals surface area contributed by atoms with Crippen molar-refractivity contribution in [2.45, 2.75) is 13.0 Å². The van der Waals surface area contributed by atoms with Gasteiger partial charge in [0.1, 0.15) is 17.3 Å². The van der Waals surface area contributed by atoms with E-state index in [4.69, 9.17) is 21.1 Å². The summed E-state index contributed by atoms with van der Waals surface area (Å²) in [7, 11) is 1.45. The predicted octanol–water partition coefficient (Wildman–Crippen LogP) is 5.37. The third-order valence-electron chi connectivity index (χ3n) is 5.38. The average Bonchev–Trinajstić information content (AvgIpc) is 3.10. The zero-order valence-electron chi connectivity index (χ0n) is 18.1. The molecule has 0 aromatic heterocycles. The fourth-order valence-corrected chi connectivity index (χ4v) is 4.13. The number of Topliss-reactive ketones (excluding diaryl/α,β-unsaturated/α-hetero) is 1. The van der Waals surface area contributed by atoms with E-state index in [1.807, 2.05) is 13.0 Å². The molecule has 33 heavy (non-hydrogen) atoms. The highest BCUT2D eigenvalue weighted by atomic mass is 35.5. The number of aliphatic hydroxyl groups is 1. The third kappa shape index (κ3) is 4.17. The number of anilines is 1. The summed E-state index contributed by atoms with van der Waals surface area (Å²) in [5.41, 5.74) is 1.31. The van der Waals surface area contributed by atoms with Gasteiger partial charge in [0.05, 0.1) is 30.9 Å². The molecular weight excluding hydrogens is 442 g/mol. The maximum absolute atomic E-state index is 13.3. The van der Waals surface area contributed by atoms with Crippen LogP contribution in [0.2, 0.25) is 5.02 Å². The van der Waals surface area contributed by atoms with Gasteiger partial charge in [-0.3, -0.25) is 14.5 Å². The molecule has 1 amide bonds. The number of carbonyl (C=O) groups is 2. The first-order chi connectivity index (χ1) is 16.0. The first-order valence-corrected chi connectivity index (χ1v) is 10.8. The monoisotopic (exact) mass is 463 g/mol. The first kappa shape index (κ1) is 22.4. The molecular formula is C26H22ClNO5. The van der Waals surface area contributed by atoms with Crippen molar-refractivity contribution in [2.24, 2.45) is 0 Å². The van der Waals surface area contributed by atoms with E-state index in [1.165, 1.54) is 18.1 Å². The lowest BCUT2D eigenvalue weighted by Gasteiger charge is -2.26. The number of ketones is 1. The van der Waals surface area contributed by atoms with Gasteiger partial charge in [-0.15, -0.1) is 0 Å². The van der Waals surface area contributed by atoms with Crippen molar-refractivity contribution in [3.05, 3.63) is 94.5 Å². The number of aliphatic hydroxyl groups excluding tert-OH is 1. The molecule has 1 unspecified atom stereocenters. The van der Waals surface area contributed by atoms with Gasteiger partial charge in [-0.25, -0.2) is 0 Å². The molecule has 3 aromatic carbocycles. The number of nitrogens with zero attached hydrogens (tertiary/aromatic N) is 1. The van der Waals surface area contributed by atoms with Crippen LogP contribution >= 0.6 is 11.6 Å². The molecule has 0 bridgehead atoms. The van der Waals surface area contributed by atoms with Crippen LogP contribution in [0.4, 0.5) is 5.69 Å². The van der Waals surface area contributed by atoms with Gasteiger partial charge in [-0.1, -0.05) is 41.9 Å². The Morgan fingerprint density at radius 1 is 1.03 bits per heavy atom. The summed E-state index contributed by atoms with van der Waals surface area (Å²) in [6, 6.07) is 19.8. The summed E-state index contributed by atoms with van der Waals surface area (Å²) >= 11 is 6.16. The quantitative estimate of drug-likeness (QED) is 0.302. The molecule has 7 heteroatoms. The topological polar surface area (TPSA) is 76.1 Å². The summed E-state index contributed by atoms with van der Waals surface area (Å²) in [6.07, 6.45) is 0. The molecule has 1 N–H and O–H groups in total. The molecule has 0 spiro atoms. The van der Waals surface area contributed by atoms with Crippen molar-refractivity contribution < 1.29 is 24.2 Å². The molecule has 0 radical (unpaired) electrons. The fourth-order valence-electron chi connectivity index (χ4n) is 3.95. The van der Waals surface area contributed by atoms with Gasteiger partial charge in [0.2, 0.25) is 0 Å². The van der Waals surface area contributed by atoms with Gasteiger partial charge < -0.3 is 14.6 Å². The van der Waals surface area contributed by atoms with Gasteiger partial charge in [-0.2, -0.15) is 0 Å². The molecule has 1 saturated heterocycles. The van der Waals surface area contributed by atoms with Crippen molar-refractivity contribution in [2.75, 3.05) is 18.6 Å². The zero-order valence-corrected chi connectivity index (χ0v) is 18.9. The van der Waals surface area contributed by atoms with Crippen LogP contribution in [0.1, 0.15) is 24.1 Å². The van der Waals surface area contributed by atoms with Crippen molar-refractivity contribution in [1.82, 2.24) is 0 Å². The van der Waals surface area contributed by atoms with E-state index in [0.717, 1.165) is 0 Å². The number of methoxy groups -OCH3 is 1. The Morgan fingerprint density at radius 3 is 2.48 bits per heavy atom. The number of hydrogen-bond donors (Lipinski definition) is 1. The van der Waals surface area contributed by atoms with Crippen LogP contribution in [0.3, 0.4) is 0 Å². The van der Waals surface area contributed by atoms with Crippen molar-refractivity contribution >= 4 is 34.7 Å². The summed E-state index contributed by atoms with van der Waals surface area (Å²) < 4.78 is 11.0. The summed E-state index contributed by atoms with van der Waals surface area (Å²) in [5, 5.41) is 11.7. The second-order valence-electron chi connectivity index (χ2n) is 7.35. The highest BCUT2D eigenvalue weighted by Gasteiger charge is 2.47. The normalized spacial score (nSPS) is 17.3. The number of amides is 1. The molecule has 1 aliphatic rings. The smallest absolute Gasteiger partial charge is 0.300 e. The number of ether oxygens (including phenoxy) is 2. The molecule has 0 saturated carbocycles. The second-order valence-corrected chi connectivity index (χ2v) is 7.79. The van der Waals surface area contributed by atoms with Gasteiger partial charge in [0.15, 0.2) is 0 Å². The Morgan fingerprint density at radius 2 is 1.79 bits per heavy atom. The molecule has 1 aliphatic heterocycles. The third-order valence-corrected chi connectivity index (χ3v) is 5.62. The first-order valence-electron chi connectivity index (χ1n) is 10.4. The van der Waals surface area contributed by atoms with Crippen molar-refractivity contribution in [3.8, 4) is 11.5 Å². The Kier molecular flexibility index (Phi) is 6.38. The minimum atomic E-state index is -0.878. The predicted molar refractivity (Wildman–Crippen MR) is 127 cm³/mol. The average molecular weight is 464 g/mol. The van der Waals surface area contributed by atoms with Crippen molar-refractivity contribution in [3.63, 3.8) is 0 Å². The molecule has 168 valence electrons. The lowest BCUT2D eigenvalue weighted by molar-refractivity contribution is -0.132. The van der Waals surface area contributed by atoms with Crippen LogP contribution in [0.5, 0.6) is 11.5 Å². The molecule has 1 atom stereocenters. The van der Waals surface area contributed by atoms with E-state index in [2.05, 4.69) is 0 Å². The minimum absolute atomic E-state index is 0.0573. The molecule has 1 fully saturated rings. The van der Waals surface area contributed by atoms with E-state index in [-0.39, 0.29) is 16.9 Å². The van der Waals surface area contributed by atoms with Crippen LogP contribution in [-0.2, 0) is 9.59 Å². The van der Waals surface area contributed by atoms with Crippen LogP contribution in [0.25, 0.3) is 5.76 Å². The number of hydrogen-bond acceptors (Lipinski definition) is 5. The highest BCUT2D eigenvalue weighted by Crippen LogP contribution is 2.44. The lowest BCUT2D eigenvalue weighted by atomic mass is 9.94. The standard InChI is InChI=1S/C26H22ClNO5/c1-3-33-19-11-7-8-16(14-19)23-22(24(29)20-15-17(27)12-13-21(20)32-2)25(30)26(31)28(23)18-9-5-4-6-10-18/h4-15,23,29H,3H2,1-2H3/b24-22+. The number of rotatable bonds is 6. The van der Waals surface area contributed by atoms with Gasteiger partial charge >= 0.3 is 0 Å². The summed E-state index contributed by atoms with van der Waals surface area (Å²) in [5.74, 6) is -0.989. The van der Waals surface area contributed by atoms with Gasteiger partial charge in [-0.05, 0) is 55.0 Å². The largest absolute Gasteiger partial charge is 0.507 e. The lowest BCUT2D eigenvalue weighted by Crippen LogP contribution is -2.29. The molecule has 1 heterocycles. The van der Waals surface area contributed by atoms with E-state index >= 15 is 0 Å². The Balaban J connectivity index is 1.98. The number of carbonyl (C=O) groups excluding carboxylic acids is 2. The molecule has 3 aromatic rings. The Hall–Kier alpha value is -3.77. The molecule has 6 nitrogen and oxygen atoms in total. The minimum Gasteiger partial charge on any atom is -0.507 e. The Labute approximate surface area is 196 Å². The second kappa shape index (κ2) is 9.38. The fraction of sp³-hybridized carbons (Fsp3) is 0.154. The zero-order chi connectivity index (χ0) is 23.5. The SMILES string of the molecule is CCOc1cccc(C2/C(=C(\O)c3cc(Cl)ccc3OC)C(=O)C(=O)N2c2ccccc2)c1. The maximum Gasteiger partial charge on any atom is 0.300 e. The molecule has 4 rings (SSSR count). The van der Waals surface area contributed by atoms with Crippen LogP contribution in [0.15, 0.2) is 78.4 Å². The van der Waals surface area contributed by atoms with Crippen LogP contribution in [0, 0.1) is 0 Å². The molecule has 0 aliphatic carbocycles. The van der Waals surface area contributed by atoms with E-state index in [1.54, 1.807) is 60.7 Å². The van der Waals surface area contributed by atoms with Crippen molar-refractivity contribution in [1.29, 1.82) is 0 Å². The Bertz CT molecular complexity index is 1240. The highest BCUT2D eigenvalue weighted by molar-refractivity contribution is 6.51. The number of para-hydroxylation sites is 1. The van der Waals surface area contributed by atoms with E-state index in [0.29, 0.717) is 34.4 Å². The van der Waals surface area contributed by atoms with Gasteiger partial charge in [0.25, 0.3) is 11.7 Å². The summed E-state index contributed by atoms with van der Waals surface area (Å²) in [6.45, 7) is 2.33. The maximum atomic E-state index is 13.3. The van der Waals surface area contributed by atoms with E-state index in [9.17, 15) is 14.7 Å². The van der Waals surface area contributed by atoms with Crippen LogP contribution in [-0.4, -0.2) is 30.5 Å². The van der Waals surface area contributed by atoms with Crippen LogP contribution < -0.4 is 14.4 Å². The number of halogens is 1. The van der Waals surface area contributed by atoms with Gasteiger partial charge in [0, 0.05) is 10.7 Å². The van der Waals surface area contributed by atoms with E-state index < -0.39 is 17.7 Å². The number of benzene rings is 3. The summed E-state index contributed by atoms with van der Waals surface area (Å²) in [4.78, 5) is 27.9.